The van der Waals surface area contributed by atoms with Crippen LogP contribution in [0.2, 0.25) is 0 Å². The van der Waals surface area contributed by atoms with Gasteiger partial charge >= 0.3 is 12.4 Å². The summed E-state index contributed by atoms with van der Waals surface area (Å²) in [5.41, 5.74) is -2.16. The van der Waals surface area contributed by atoms with E-state index in [2.05, 4.69) is 10.1 Å². The number of aromatic nitrogens is 2. The lowest BCUT2D eigenvalue weighted by molar-refractivity contribution is -0.143. The minimum atomic E-state index is -5.01. The first kappa shape index (κ1) is 29.7. The molecule has 3 aromatic rings. The maximum atomic E-state index is 13.8. The van der Waals surface area contributed by atoms with Gasteiger partial charge in [0.25, 0.3) is 5.89 Å². The van der Waals surface area contributed by atoms with Gasteiger partial charge in [0.2, 0.25) is 5.91 Å². The highest BCUT2D eigenvalue weighted by atomic mass is 19.4. The number of amides is 1. The quantitative estimate of drug-likeness (QED) is 0.279. The maximum Gasteiger partial charge on any atom is 0.416 e. The molecule has 224 valence electrons. The number of nitrogens with zero attached hydrogens (tertiary/aromatic N) is 3. The molecule has 0 saturated carbocycles. The highest BCUT2D eigenvalue weighted by Crippen LogP contribution is 2.45. The average Bonchev–Trinajstić information content (AvgIpc) is 3.54. The summed E-state index contributed by atoms with van der Waals surface area (Å²) in [5.74, 6) is -0.890. The summed E-state index contributed by atoms with van der Waals surface area (Å²) in [7, 11) is 0. The average molecular weight is 598 g/mol. The van der Waals surface area contributed by atoms with E-state index < -0.39 is 59.4 Å². The molecule has 6 nitrogen and oxygen atoms in total. The Labute approximate surface area is 236 Å². The SMILES string of the molecule is CC(C)c1noc(C2=CC(=O)N3C[C@H](O[C@H](C)c4cc(C(F)(F)F)cc(C(F)(F)F)c4)[C@@H](c4ccc(F)cc4)[C@@H]3C2)n1. The molecule has 2 aliphatic heterocycles. The van der Waals surface area contributed by atoms with Crippen LogP contribution in [-0.2, 0) is 21.9 Å². The van der Waals surface area contributed by atoms with Gasteiger partial charge in [-0.2, -0.15) is 31.3 Å². The number of fused-ring (bicyclic) bond motifs is 1. The molecular formula is C29H26F7N3O3. The molecule has 1 saturated heterocycles. The minimum absolute atomic E-state index is 0.00578. The molecule has 0 unspecified atom stereocenters. The van der Waals surface area contributed by atoms with Gasteiger partial charge in [-0.25, -0.2) is 4.39 Å². The maximum absolute atomic E-state index is 13.8. The van der Waals surface area contributed by atoms with Gasteiger partial charge in [-0.3, -0.25) is 4.79 Å². The Bertz CT molecular complexity index is 1460. The summed E-state index contributed by atoms with van der Waals surface area (Å²) in [6.07, 6.45) is -10.5. The van der Waals surface area contributed by atoms with Crippen molar-refractivity contribution < 1.29 is 44.8 Å². The van der Waals surface area contributed by atoms with E-state index in [1.165, 1.54) is 42.2 Å². The Morgan fingerprint density at radius 3 is 2.14 bits per heavy atom. The fourth-order valence-corrected chi connectivity index (χ4v) is 5.44. The van der Waals surface area contributed by atoms with Crippen molar-refractivity contribution in [1.82, 2.24) is 15.0 Å². The molecule has 2 aromatic carbocycles. The third kappa shape index (κ3) is 5.92. The van der Waals surface area contributed by atoms with E-state index >= 15 is 0 Å². The van der Waals surface area contributed by atoms with Crippen LogP contribution in [0.1, 0.15) is 79.1 Å². The Kier molecular flexibility index (Phi) is 7.67. The highest BCUT2D eigenvalue weighted by molar-refractivity contribution is 5.97. The third-order valence-corrected chi connectivity index (χ3v) is 7.55. The van der Waals surface area contributed by atoms with Gasteiger partial charge in [0.05, 0.1) is 23.3 Å². The van der Waals surface area contributed by atoms with Gasteiger partial charge in [-0.1, -0.05) is 31.1 Å². The molecule has 1 amide bonds. The molecule has 0 radical (unpaired) electrons. The molecule has 0 spiro atoms. The van der Waals surface area contributed by atoms with Crippen molar-refractivity contribution in [2.45, 2.75) is 69.6 Å². The van der Waals surface area contributed by atoms with Crippen LogP contribution in [0, 0.1) is 5.82 Å². The molecule has 0 bridgehead atoms. The largest absolute Gasteiger partial charge is 0.416 e. The molecule has 0 N–H and O–H groups in total. The van der Waals surface area contributed by atoms with Crippen molar-refractivity contribution in [2.75, 3.05) is 6.54 Å². The summed E-state index contributed by atoms with van der Waals surface area (Å²) < 4.78 is 106. The molecule has 5 rings (SSSR count). The molecule has 4 atom stereocenters. The molecule has 3 heterocycles. The van der Waals surface area contributed by atoms with Gasteiger partial charge in [0.1, 0.15) is 5.82 Å². The summed E-state index contributed by atoms with van der Waals surface area (Å²) in [6.45, 7) is 5.12. The number of hydrogen-bond donors (Lipinski definition) is 0. The zero-order chi connectivity index (χ0) is 30.6. The van der Waals surface area contributed by atoms with E-state index in [4.69, 9.17) is 9.26 Å². The molecule has 13 heteroatoms. The summed E-state index contributed by atoms with van der Waals surface area (Å²) in [4.78, 5) is 19.1. The zero-order valence-electron chi connectivity index (χ0n) is 22.6. The number of ether oxygens (including phenoxy) is 1. The standard InChI is InChI=1S/C29H26F7N3O3/c1-14(2)26-37-27(42-38-26)18-10-22-25(16-4-6-21(30)7-5-16)23(13-39(22)24(40)11-18)41-15(3)17-8-19(28(31,32)33)12-20(9-17)29(34,35)36/h4-9,11-12,14-15,22-23,25H,10,13H2,1-3H3/t15-,22+,23+,25+/m1/s1. The molecular weight excluding hydrogens is 571 g/mol. The Balaban J connectivity index is 1.48. The van der Waals surface area contributed by atoms with Crippen molar-refractivity contribution in [3.8, 4) is 0 Å². The van der Waals surface area contributed by atoms with Crippen LogP contribution in [0.15, 0.2) is 53.1 Å². The molecule has 2 aliphatic rings. The number of rotatable bonds is 6. The minimum Gasteiger partial charge on any atom is -0.368 e. The molecule has 42 heavy (non-hydrogen) atoms. The van der Waals surface area contributed by atoms with Crippen molar-refractivity contribution in [3.63, 3.8) is 0 Å². The lowest BCUT2D eigenvalue weighted by atomic mass is 9.85. The van der Waals surface area contributed by atoms with E-state index in [0.717, 1.165) is 0 Å². The first-order valence-electron chi connectivity index (χ1n) is 13.2. The highest BCUT2D eigenvalue weighted by Gasteiger charge is 2.48. The predicted molar refractivity (Wildman–Crippen MR) is 135 cm³/mol. The molecule has 1 fully saturated rings. The summed E-state index contributed by atoms with van der Waals surface area (Å²) in [5, 5.41) is 3.95. The normalized spacial score (nSPS) is 22.0. The summed E-state index contributed by atoms with van der Waals surface area (Å²) >= 11 is 0. The first-order chi connectivity index (χ1) is 19.6. The number of hydrogen-bond acceptors (Lipinski definition) is 5. The fourth-order valence-electron chi connectivity index (χ4n) is 5.44. The van der Waals surface area contributed by atoms with Crippen LogP contribution < -0.4 is 0 Å². The number of carbonyl (C=O) groups is 1. The van der Waals surface area contributed by atoms with Crippen LogP contribution in [0.25, 0.3) is 5.57 Å². The lowest BCUT2D eigenvalue weighted by Gasteiger charge is -2.32. The van der Waals surface area contributed by atoms with Gasteiger partial charge < -0.3 is 14.2 Å². The summed E-state index contributed by atoms with van der Waals surface area (Å²) in [6, 6.07) is 6.27. The van der Waals surface area contributed by atoms with Gasteiger partial charge in [-0.05, 0) is 54.8 Å². The van der Waals surface area contributed by atoms with Crippen molar-refractivity contribution in [2.24, 2.45) is 0 Å². The van der Waals surface area contributed by atoms with Gasteiger partial charge in [0.15, 0.2) is 5.82 Å². The van der Waals surface area contributed by atoms with Crippen molar-refractivity contribution >= 4 is 11.5 Å². The smallest absolute Gasteiger partial charge is 0.368 e. The van der Waals surface area contributed by atoms with Gasteiger partial charge in [-0.15, -0.1) is 0 Å². The number of alkyl halides is 6. The first-order valence-corrected chi connectivity index (χ1v) is 13.2. The van der Waals surface area contributed by atoms with Crippen LogP contribution in [0.5, 0.6) is 0 Å². The van der Waals surface area contributed by atoms with Crippen LogP contribution in [0.3, 0.4) is 0 Å². The van der Waals surface area contributed by atoms with E-state index in [0.29, 0.717) is 29.1 Å². The van der Waals surface area contributed by atoms with E-state index in [9.17, 15) is 35.5 Å². The number of benzene rings is 2. The molecule has 1 aromatic heterocycles. The monoisotopic (exact) mass is 597 g/mol. The second kappa shape index (κ2) is 10.8. The number of halogens is 7. The van der Waals surface area contributed by atoms with Crippen LogP contribution in [0.4, 0.5) is 30.7 Å². The number of carbonyl (C=O) groups excluding carboxylic acids is 1. The van der Waals surface area contributed by atoms with Crippen molar-refractivity contribution in [1.29, 1.82) is 0 Å². The van der Waals surface area contributed by atoms with E-state index in [1.807, 2.05) is 13.8 Å². The molecule has 0 aliphatic carbocycles. The Hall–Kier alpha value is -3.74. The predicted octanol–water partition coefficient (Wildman–Crippen LogP) is 7.30. The van der Waals surface area contributed by atoms with Gasteiger partial charge in [0, 0.05) is 36.1 Å². The fraction of sp³-hybridized carbons (Fsp3) is 0.414. The Morgan fingerprint density at radius 1 is 0.976 bits per heavy atom. The van der Waals surface area contributed by atoms with E-state index in [-0.39, 0.29) is 36.4 Å². The second-order valence-corrected chi connectivity index (χ2v) is 10.8. The zero-order valence-corrected chi connectivity index (χ0v) is 22.6. The second-order valence-electron chi connectivity index (χ2n) is 10.8. The lowest BCUT2D eigenvalue weighted by Crippen LogP contribution is -2.39. The van der Waals surface area contributed by atoms with Crippen LogP contribution >= 0.6 is 0 Å². The third-order valence-electron chi connectivity index (χ3n) is 7.55. The Morgan fingerprint density at radius 2 is 1.60 bits per heavy atom. The topological polar surface area (TPSA) is 68.5 Å². The van der Waals surface area contributed by atoms with Crippen LogP contribution in [-0.4, -0.2) is 39.6 Å². The van der Waals surface area contributed by atoms with Crippen molar-refractivity contribution in [3.05, 3.63) is 88.3 Å². The van der Waals surface area contributed by atoms with E-state index in [1.54, 1.807) is 0 Å².